The van der Waals surface area contributed by atoms with Gasteiger partial charge in [0, 0.05) is 39.6 Å². The predicted molar refractivity (Wildman–Crippen MR) is 130 cm³/mol. The lowest BCUT2D eigenvalue weighted by Gasteiger charge is -2.43. The van der Waals surface area contributed by atoms with Crippen molar-refractivity contribution in [3.63, 3.8) is 0 Å². The molecule has 4 rings (SSSR count). The Balaban J connectivity index is 1.64. The molecule has 0 bridgehead atoms. The number of amides is 2. The Kier molecular flexibility index (Phi) is 6.87. The van der Waals surface area contributed by atoms with E-state index in [9.17, 15) is 9.59 Å². The maximum atomic E-state index is 13.6. The molecule has 33 heavy (non-hydrogen) atoms. The summed E-state index contributed by atoms with van der Waals surface area (Å²) in [5.74, 6) is 0.138. The van der Waals surface area contributed by atoms with Gasteiger partial charge in [-0.25, -0.2) is 0 Å². The van der Waals surface area contributed by atoms with Crippen LogP contribution >= 0.6 is 0 Å². The molecule has 1 aliphatic heterocycles. The van der Waals surface area contributed by atoms with Crippen LogP contribution in [0.5, 0.6) is 0 Å². The van der Waals surface area contributed by atoms with Gasteiger partial charge in [-0.3, -0.25) is 14.6 Å². The first-order valence-electron chi connectivity index (χ1n) is 11.5. The summed E-state index contributed by atoms with van der Waals surface area (Å²) in [7, 11) is 3.62. The van der Waals surface area contributed by atoms with Gasteiger partial charge in [-0.1, -0.05) is 60.7 Å². The molecule has 1 fully saturated rings. The maximum Gasteiger partial charge on any atom is 0.230 e. The number of aromatic nitrogens is 1. The summed E-state index contributed by atoms with van der Waals surface area (Å²) in [5, 5.41) is 0. The fourth-order valence-electron chi connectivity index (χ4n) is 4.94. The van der Waals surface area contributed by atoms with Crippen LogP contribution in [0.2, 0.25) is 0 Å². The molecule has 2 aromatic carbocycles. The monoisotopic (exact) mass is 441 g/mol. The van der Waals surface area contributed by atoms with Gasteiger partial charge in [0.1, 0.15) is 0 Å². The third-order valence-electron chi connectivity index (χ3n) is 6.50. The van der Waals surface area contributed by atoms with Crippen molar-refractivity contribution >= 4 is 11.8 Å². The number of hydrogen-bond acceptors (Lipinski definition) is 3. The summed E-state index contributed by atoms with van der Waals surface area (Å²) in [4.78, 5) is 34.4. The second-order valence-electron chi connectivity index (χ2n) is 9.14. The number of likely N-dealkylation sites (tertiary alicyclic amines) is 1. The van der Waals surface area contributed by atoms with E-state index in [1.807, 2.05) is 61.5 Å². The van der Waals surface area contributed by atoms with Crippen molar-refractivity contribution < 1.29 is 9.59 Å². The third kappa shape index (κ3) is 5.14. The number of carbonyl (C=O) groups is 2. The van der Waals surface area contributed by atoms with E-state index in [-0.39, 0.29) is 11.8 Å². The molecule has 5 heteroatoms. The Morgan fingerprint density at radius 3 is 2.48 bits per heavy atom. The minimum atomic E-state index is -0.642. The molecule has 0 radical (unpaired) electrons. The van der Waals surface area contributed by atoms with Crippen LogP contribution in [-0.4, -0.2) is 53.8 Å². The fourth-order valence-corrected chi connectivity index (χ4v) is 4.94. The van der Waals surface area contributed by atoms with Crippen LogP contribution in [-0.2, 0) is 22.4 Å². The van der Waals surface area contributed by atoms with Crippen LogP contribution in [0, 0.1) is 5.41 Å². The first-order chi connectivity index (χ1) is 16.0. The number of pyridine rings is 1. The molecule has 0 saturated carbocycles. The van der Waals surface area contributed by atoms with Crippen molar-refractivity contribution in [2.75, 3.05) is 27.2 Å². The molecule has 0 spiro atoms. The minimum absolute atomic E-state index is 0.0509. The van der Waals surface area contributed by atoms with Crippen molar-refractivity contribution in [1.82, 2.24) is 14.8 Å². The highest BCUT2D eigenvalue weighted by Crippen LogP contribution is 2.38. The Labute approximate surface area is 196 Å². The van der Waals surface area contributed by atoms with Gasteiger partial charge in [0.15, 0.2) is 0 Å². The largest absolute Gasteiger partial charge is 0.348 e. The second kappa shape index (κ2) is 9.99. The standard InChI is InChI=1S/C28H31N3O2/c1-30(2)27(33)28(19-24-13-6-7-14-25(24)23-11-4-3-5-12-23)15-9-17-31(21-28)26(32)18-22-10-8-16-29-20-22/h3-8,10-14,16,20H,9,15,17-19,21H2,1-2H3/t28-/m1/s1. The number of hydrogen-bond donors (Lipinski definition) is 0. The molecule has 170 valence electrons. The van der Waals surface area contributed by atoms with Crippen molar-refractivity contribution in [2.24, 2.45) is 5.41 Å². The fraction of sp³-hybridized carbons (Fsp3) is 0.321. The molecular weight excluding hydrogens is 410 g/mol. The lowest BCUT2D eigenvalue weighted by molar-refractivity contribution is -0.147. The molecule has 0 aliphatic carbocycles. The van der Waals surface area contributed by atoms with Crippen molar-refractivity contribution in [2.45, 2.75) is 25.7 Å². The van der Waals surface area contributed by atoms with Crippen LogP contribution in [0.15, 0.2) is 79.1 Å². The van der Waals surface area contributed by atoms with Crippen LogP contribution in [0.4, 0.5) is 0 Å². The predicted octanol–water partition coefficient (Wildman–Crippen LogP) is 4.23. The third-order valence-corrected chi connectivity index (χ3v) is 6.50. The Morgan fingerprint density at radius 2 is 1.76 bits per heavy atom. The van der Waals surface area contributed by atoms with Crippen LogP contribution < -0.4 is 0 Å². The smallest absolute Gasteiger partial charge is 0.230 e. The SMILES string of the molecule is CN(C)C(=O)[C@@]1(Cc2ccccc2-c2ccccc2)CCCN(C(=O)Cc2cccnc2)C1. The first kappa shape index (κ1) is 22.7. The highest BCUT2D eigenvalue weighted by molar-refractivity contribution is 5.85. The van der Waals surface area contributed by atoms with Crippen molar-refractivity contribution in [3.8, 4) is 11.1 Å². The van der Waals surface area contributed by atoms with Gasteiger partial charge >= 0.3 is 0 Å². The summed E-state index contributed by atoms with van der Waals surface area (Å²) < 4.78 is 0. The average molecular weight is 442 g/mol. The van der Waals surface area contributed by atoms with Gasteiger partial charge < -0.3 is 9.80 Å². The van der Waals surface area contributed by atoms with Crippen LogP contribution in [0.1, 0.15) is 24.0 Å². The molecule has 2 heterocycles. The number of benzene rings is 2. The molecule has 2 amide bonds. The van der Waals surface area contributed by atoms with E-state index in [0.717, 1.165) is 35.1 Å². The summed E-state index contributed by atoms with van der Waals surface area (Å²) in [5.41, 5.74) is 3.67. The molecular formula is C28H31N3O2. The number of nitrogens with zero attached hydrogens (tertiary/aromatic N) is 3. The van der Waals surface area contributed by atoms with Gasteiger partial charge in [-0.2, -0.15) is 0 Å². The van der Waals surface area contributed by atoms with E-state index >= 15 is 0 Å². The van der Waals surface area contributed by atoms with Gasteiger partial charge in [-0.15, -0.1) is 0 Å². The summed E-state index contributed by atoms with van der Waals surface area (Å²) in [6.45, 7) is 1.12. The lowest BCUT2D eigenvalue weighted by atomic mass is 9.72. The van der Waals surface area contributed by atoms with Crippen molar-refractivity contribution in [3.05, 3.63) is 90.3 Å². The topological polar surface area (TPSA) is 53.5 Å². The van der Waals surface area contributed by atoms with E-state index in [0.29, 0.717) is 25.9 Å². The highest BCUT2D eigenvalue weighted by Gasteiger charge is 2.44. The maximum absolute atomic E-state index is 13.6. The molecule has 0 unspecified atom stereocenters. The first-order valence-corrected chi connectivity index (χ1v) is 11.5. The van der Waals surface area contributed by atoms with Gasteiger partial charge in [0.25, 0.3) is 0 Å². The van der Waals surface area contributed by atoms with Crippen LogP contribution in [0.25, 0.3) is 11.1 Å². The normalized spacial score (nSPS) is 18.1. The Morgan fingerprint density at radius 1 is 1.00 bits per heavy atom. The van der Waals surface area contributed by atoms with Crippen LogP contribution in [0.3, 0.4) is 0 Å². The second-order valence-corrected chi connectivity index (χ2v) is 9.14. The Bertz CT molecular complexity index is 1100. The number of rotatable bonds is 6. The zero-order valence-electron chi connectivity index (χ0n) is 19.4. The molecule has 1 aromatic heterocycles. The van der Waals surface area contributed by atoms with E-state index < -0.39 is 5.41 Å². The molecule has 3 aromatic rings. The number of piperidine rings is 1. The van der Waals surface area contributed by atoms with Gasteiger partial charge in [-0.05, 0) is 47.6 Å². The van der Waals surface area contributed by atoms with Gasteiger partial charge in [0.05, 0.1) is 11.8 Å². The number of carbonyl (C=O) groups excluding carboxylic acids is 2. The van der Waals surface area contributed by atoms with E-state index in [1.54, 1.807) is 17.3 Å². The Hall–Kier alpha value is -3.47. The molecule has 0 N–H and O–H groups in total. The zero-order chi connectivity index (χ0) is 23.3. The average Bonchev–Trinajstić information content (AvgIpc) is 2.85. The highest BCUT2D eigenvalue weighted by atomic mass is 16.2. The molecule has 1 aliphatic rings. The molecule has 5 nitrogen and oxygen atoms in total. The van der Waals surface area contributed by atoms with Gasteiger partial charge in [0.2, 0.25) is 11.8 Å². The molecule has 1 saturated heterocycles. The quantitative estimate of drug-likeness (QED) is 0.575. The molecule has 1 atom stereocenters. The zero-order valence-corrected chi connectivity index (χ0v) is 19.4. The lowest BCUT2D eigenvalue weighted by Crippen LogP contribution is -2.54. The van der Waals surface area contributed by atoms with Crippen molar-refractivity contribution in [1.29, 1.82) is 0 Å². The summed E-state index contributed by atoms with van der Waals surface area (Å²) in [6, 6.07) is 22.3. The van der Waals surface area contributed by atoms with E-state index in [2.05, 4.69) is 29.2 Å². The summed E-state index contributed by atoms with van der Waals surface area (Å²) in [6.07, 6.45) is 5.93. The minimum Gasteiger partial charge on any atom is -0.348 e. The summed E-state index contributed by atoms with van der Waals surface area (Å²) >= 11 is 0. The van der Waals surface area contributed by atoms with E-state index in [1.165, 1.54) is 0 Å². The van der Waals surface area contributed by atoms with E-state index in [4.69, 9.17) is 0 Å².